The van der Waals surface area contributed by atoms with E-state index in [2.05, 4.69) is 10.4 Å². The number of ether oxygens (including phenoxy) is 2. The van der Waals surface area contributed by atoms with Gasteiger partial charge in [0.2, 0.25) is 0 Å². The van der Waals surface area contributed by atoms with Crippen LogP contribution in [0, 0.1) is 0 Å². The van der Waals surface area contributed by atoms with Crippen LogP contribution in [0.1, 0.15) is 38.2 Å². The summed E-state index contributed by atoms with van der Waals surface area (Å²) in [5.41, 5.74) is 1.18. The second-order valence-electron chi connectivity index (χ2n) is 6.79. The molecule has 27 heavy (non-hydrogen) atoms. The van der Waals surface area contributed by atoms with E-state index >= 15 is 0 Å². The van der Waals surface area contributed by atoms with Gasteiger partial charge >= 0.3 is 12.1 Å². The highest BCUT2D eigenvalue weighted by molar-refractivity contribution is 6.30. The van der Waals surface area contributed by atoms with Crippen LogP contribution < -0.4 is 5.32 Å². The summed E-state index contributed by atoms with van der Waals surface area (Å²) in [7, 11) is 0. The topological polar surface area (TPSA) is 82.5 Å². The SMILES string of the molecule is CCOC(=O)c1cc(-c2ccc(Cl)cc2)nn1CCNC(=O)OC(C)(C)C. The van der Waals surface area contributed by atoms with Gasteiger partial charge in [-0.15, -0.1) is 0 Å². The molecule has 1 amide bonds. The van der Waals surface area contributed by atoms with E-state index in [-0.39, 0.29) is 13.2 Å². The molecule has 0 aliphatic carbocycles. The smallest absolute Gasteiger partial charge is 0.407 e. The van der Waals surface area contributed by atoms with E-state index in [1.807, 2.05) is 12.1 Å². The molecule has 1 aromatic carbocycles. The number of nitrogens with one attached hydrogen (secondary N) is 1. The quantitative estimate of drug-likeness (QED) is 0.752. The van der Waals surface area contributed by atoms with Crippen LogP contribution in [0.2, 0.25) is 5.02 Å². The minimum atomic E-state index is -0.576. The van der Waals surface area contributed by atoms with Gasteiger partial charge in [0.05, 0.1) is 18.8 Å². The fourth-order valence-corrected chi connectivity index (χ4v) is 2.42. The predicted octanol–water partition coefficient (Wildman–Crippen LogP) is 3.90. The maximum atomic E-state index is 12.2. The first-order chi connectivity index (χ1) is 12.7. The van der Waals surface area contributed by atoms with Gasteiger partial charge in [-0.3, -0.25) is 4.68 Å². The summed E-state index contributed by atoms with van der Waals surface area (Å²) in [5, 5.41) is 7.73. The second kappa shape index (κ2) is 8.90. The van der Waals surface area contributed by atoms with Crippen LogP contribution in [0.3, 0.4) is 0 Å². The first kappa shape index (κ1) is 20.8. The lowest BCUT2D eigenvalue weighted by atomic mass is 10.1. The molecule has 146 valence electrons. The zero-order chi connectivity index (χ0) is 20.0. The van der Waals surface area contributed by atoms with Gasteiger partial charge in [-0.1, -0.05) is 23.7 Å². The van der Waals surface area contributed by atoms with Crippen molar-refractivity contribution in [1.29, 1.82) is 0 Å². The van der Waals surface area contributed by atoms with Gasteiger partial charge < -0.3 is 14.8 Å². The van der Waals surface area contributed by atoms with E-state index in [0.29, 0.717) is 23.0 Å². The van der Waals surface area contributed by atoms with E-state index in [1.165, 1.54) is 4.68 Å². The van der Waals surface area contributed by atoms with Crippen LogP contribution in [-0.2, 0) is 16.0 Å². The van der Waals surface area contributed by atoms with Crippen LogP contribution in [0.4, 0.5) is 4.79 Å². The van der Waals surface area contributed by atoms with E-state index < -0.39 is 17.7 Å². The molecule has 0 atom stereocenters. The molecule has 2 aromatic rings. The lowest BCUT2D eigenvalue weighted by Crippen LogP contribution is -2.34. The van der Waals surface area contributed by atoms with Crippen molar-refractivity contribution in [2.75, 3.05) is 13.2 Å². The Bertz CT molecular complexity index is 794. The van der Waals surface area contributed by atoms with Crippen molar-refractivity contribution in [1.82, 2.24) is 15.1 Å². The number of alkyl carbamates (subject to hydrolysis) is 1. The summed E-state index contributed by atoms with van der Waals surface area (Å²) in [6, 6.07) is 8.81. The number of esters is 1. The van der Waals surface area contributed by atoms with Gasteiger partial charge in [0.1, 0.15) is 11.3 Å². The summed E-state index contributed by atoms with van der Waals surface area (Å²) >= 11 is 5.92. The molecule has 0 bridgehead atoms. The number of halogens is 1. The van der Waals surface area contributed by atoms with E-state index in [9.17, 15) is 9.59 Å². The fraction of sp³-hybridized carbons (Fsp3) is 0.421. The maximum absolute atomic E-state index is 12.2. The van der Waals surface area contributed by atoms with Crippen molar-refractivity contribution < 1.29 is 19.1 Å². The van der Waals surface area contributed by atoms with Gasteiger partial charge in [0.15, 0.2) is 0 Å². The van der Waals surface area contributed by atoms with Gasteiger partial charge in [0.25, 0.3) is 0 Å². The summed E-state index contributed by atoms with van der Waals surface area (Å²) in [5.74, 6) is -0.470. The fourth-order valence-electron chi connectivity index (χ4n) is 2.30. The van der Waals surface area contributed by atoms with Crippen LogP contribution >= 0.6 is 11.6 Å². The number of carbonyl (C=O) groups excluding carboxylic acids is 2. The molecule has 0 fully saturated rings. The van der Waals surface area contributed by atoms with Crippen LogP contribution in [-0.4, -0.2) is 40.6 Å². The molecule has 0 unspecified atom stereocenters. The molecule has 0 aliphatic rings. The highest BCUT2D eigenvalue weighted by Crippen LogP contribution is 2.22. The Kier molecular flexibility index (Phi) is 6.85. The van der Waals surface area contributed by atoms with E-state index in [4.69, 9.17) is 21.1 Å². The molecule has 1 heterocycles. The van der Waals surface area contributed by atoms with E-state index in [0.717, 1.165) is 5.56 Å². The minimum Gasteiger partial charge on any atom is -0.461 e. The number of hydrogen-bond donors (Lipinski definition) is 1. The number of carbonyl (C=O) groups is 2. The number of nitrogens with zero attached hydrogens (tertiary/aromatic N) is 2. The predicted molar refractivity (Wildman–Crippen MR) is 103 cm³/mol. The number of aromatic nitrogens is 2. The maximum Gasteiger partial charge on any atom is 0.407 e. The summed E-state index contributed by atoms with van der Waals surface area (Å²) in [6.07, 6.45) is -0.523. The molecule has 1 N–H and O–H groups in total. The van der Waals surface area contributed by atoms with Crippen molar-refractivity contribution in [3.63, 3.8) is 0 Å². The minimum absolute atomic E-state index is 0.253. The Hall–Kier alpha value is -2.54. The third kappa shape index (κ3) is 6.29. The van der Waals surface area contributed by atoms with Crippen molar-refractivity contribution in [2.24, 2.45) is 0 Å². The lowest BCUT2D eigenvalue weighted by molar-refractivity contribution is 0.0512. The Morgan fingerprint density at radius 2 is 1.89 bits per heavy atom. The molecule has 7 nitrogen and oxygen atoms in total. The molecule has 8 heteroatoms. The molecule has 0 saturated heterocycles. The third-order valence-electron chi connectivity index (χ3n) is 3.40. The van der Waals surface area contributed by atoms with Crippen molar-refractivity contribution in [3.8, 4) is 11.3 Å². The zero-order valence-corrected chi connectivity index (χ0v) is 16.7. The average Bonchev–Trinajstić information content (AvgIpc) is 2.98. The molecule has 0 aliphatic heterocycles. The lowest BCUT2D eigenvalue weighted by Gasteiger charge is -2.19. The van der Waals surface area contributed by atoms with Gasteiger partial charge in [-0.2, -0.15) is 5.10 Å². The van der Waals surface area contributed by atoms with Crippen LogP contribution in [0.5, 0.6) is 0 Å². The Morgan fingerprint density at radius 3 is 2.48 bits per heavy atom. The Labute approximate surface area is 163 Å². The number of benzene rings is 1. The molecule has 1 aromatic heterocycles. The van der Waals surface area contributed by atoms with Crippen LogP contribution in [0.15, 0.2) is 30.3 Å². The number of rotatable bonds is 6. The first-order valence-corrected chi connectivity index (χ1v) is 9.05. The second-order valence-corrected chi connectivity index (χ2v) is 7.23. The zero-order valence-electron chi connectivity index (χ0n) is 15.9. The molecule has 0 spiro atoms. The largest absolute Gasteiger partial charge is 0.461 e. The average molecular weight is 394 g/mol. The number of amides is 1. The number of hydrogen-bond acceptors (Lipinski definition) is 5. The summed E-state index contributed by atoms with van der Waals surface area (Å²) < 4.78 is 11.8. The van der Waals surface area contributed by atoms with E-state index in [1.54, 1.807) is 45.9 Å². The summed E-state index contributed by atoms with van der Waals surface area (Å²) in [6.45, 7) is 7.91. The highest BCUT2D eigenvalue weighted by atomic mass is 35.5. The Morgan fingerprint density at radius 1 is 1.22 bits per heavy atom. The van der Waals surface area contributed by atoms with Gasteiger partial charge in [-0.25, -0.2) is 9.59 Å². The first-order valence-electron chi connectivity index (χ1n) is 8.67. The normalized spacial score (nSPS) is 11.1. The molecular formula is C19H24ClN3O4. The van der Waals surface area contributed by atoms with Crippen LogP contribution in [0.25, 0.3) is 11.3 Å². The molecule has 0 radical (unpaired) electrons. The summed E-state index contributed by atoms with van der Waals surface area (Å²) in [4.78, 5) is 24.0. The van der Waals surface area contributed by atoms with Crippen molar-refractivity contribution in [3.05, 3.63) is 41.0 Å². The molecular weight excluding hydrogens is 370 g/mol. The third-order valence-corrected chi connectivity index (χ3v) is 3.65. The molecule has 0 saturated carbocycles. The monoisotopic (exact) mass is 393 g/mol. The van der Waals surface area contributed by atoms with Gasteiger partial charge in [0, 0.05) is 17.1 Å². The van der Waals surface area contributed by atoms with Crippen molar-refractivity contribution in [2.45, 2.75) is 39.8 Å². The Balaban J connectivity index is 2.14. The molecule has 2 rings (SSSR count). The standard InChI is InChI=1S/C19H24ClN3O4/c1-5-26-17(24)16-12-15(13-6-8-14(20)9-7-13)22-23(16)11-10-21-18(25)27-19(2,3)4/h6-9,12H,5,10-11H2,1-4H3,(H,21,25). The highest BCUT2D eigenvalue weighted by Gasteiger charge is 2.19. The van der Waals surface area contributed by atoms with Crippen molar-refractivity contribution >= 4 is 23.7 Å². The van der Waals surface area contributed by atoms with Gasteiger partial charge in [-0.05, 0) is 45.9 Å².